The number of nitrogens with two attached hydrogens (primary N) is 2. The van der Waals surface area contributed by atoms with Crippen molar-refractivity contribution in [2.24, 2.45) is 0 Å². The first-order valence-corrected chi connectivity index (χ1v) is 2.90. The zero-order valence-electron chi connectivity index (χ0n) is 5.59. The normalized spacial score (nSPS) is 10.5. The molecule has 60 valence electrons. The molecule has 0 aliphatic carbocycles. The average Bonchev–Trinajstić information content (AvgIpc) is 1.94. The second-order valence-corrected chi connectivity index (χ2v) is 2.04. The van der Waals surface area contributed by atoms with Crippen molar-refractivity contribution in [2.45, 2.75) is 6.43 Å². The van der Waals surface area contributed by atoms with Gasteiger partial charge in [-0.25, -0.2) is 13.8 Å². The lowest BCUT2D eigenvalue weighted by molar-refractivity contribution is 0.151. The molecule has 0 spiro atoms. The Morgan fingerprint density at radius 1 is 1.36 bits per heavy atom. The highest BCUT2D eigenvalue weighted by Gasteiger charge is 2.08. The summed E-state index contributed by atoms with van der Waals surface area (Å²) >= 11 is 0. The number of rotatable bonds is 1. The van der Waals surface area contributed by atoms with Gasteiger partial charge in [0.15, 0.2) is 0 Å². The van der Waals surface area contributed by atoms with E-state index in [1.807, 2.05) is 0 Å². The summed E-state index contributed by atoms with van der Waals surface area (Å²) in [6, 6.07) is 1.12. The van der Waals surface area contributed by atoms with Crippen molar-refractivity contribution >= 4 is 11.5 Å². The van der Waals surface area contributed by atoms with E-state index in [2.05, 4.69) is 4.98 Å². The molecule has 1 rings (SSSR count). The first-order chi connectivity index (χ1) is 5.11. The van der Waals surface area contributed by atoms with Crippen molar-refractivity contribution in [2.75, 3.05) is 11.5 Å². The van der Waals surface area contributed by atoms with Gasteiger partial charge in [0, 0.05) is 11.8 Å². The van der Waals surface area contributed by atoms with E-state index < -0.39 is 6.43 Å². The number of pyridine rings is 1. The molecule has 3 nitrogen and oxygen atoms in total. The number of alkyl halides is 2. The van der Waals surface area contributed by atoms with Crippen LogP contribution in [0.1, 0.15) is 12.0 Å². The summed E-state index contributed by atoms with van der Waals surface area (Å²) in [5, 5.41) is 0. The lowest BCUT2D eigenvalue weighted by atomic mass is 10.2. The summed E-state index contributed by atoms with van der Waals surface area (Å²) in [4.78, 5) is 3.47. The van der Waals surface area contributed by atoms with Crippen molar-refractivity contribution in [3.63, 3.8) is 0 Å². The van der Waals surface area contributed by atoms with E-state index in [1.54, 1.807) is 0 Å². The molecule has 0 saturated heterocycles. The first-order valence-electron chi connectivity index (χ1n) is 2.90. The maximum atomic E-state index is 11.9. The maximum Gasteiger partial charge on any atom is 0.265 e. The fraction of sp³-hybridized carbons (Fsp3) is 0.167. The Bertz CT molecular complexity index is 262. The van der Waals surface area contributed by atoms with Crippen molar-refractivity contribution in [1.29, 1.82) is 0 Å². The van der Waals surface area contributed by atoms with E-state index in [4.69, 9.17) is 11.5 Å². The maximum absolute atomic E-state index is 11.9. The lowest BCUT2D eigenvalue weighted by Gasteiger charge is -2.01. The van der Waals surface area contributed by atoms with Crippen LogP contribution in [-0.4, -0.2) is 4.98 Å². The largest absolute Gasteiger partial charge is 0.396 e. The molecule has 0 aromatic carbocycles. The van der Waals surface area contributed by atoms with E-state index >= 15 is 0 Å². The molecule has 5 heteroatoms. The van der Waals surface area contributed by atoms with Gasteiger partial charge in [-0.15, -0.1) is 0 Å². The molecule has 11 heavy (non-hydrogen) atoms. The van der Waals surface area contributed by atoms with Crippen LogP contribution in [0, 0.1) is 0 Å². The van der Waals surface area contributed by atoms with E-state index in [1.165, 1.54) is 0 Å². The number of hydrogen-bond acceptors (Lipinski definition) is 3. The van der Waals surface area contributed by atoms with Crippen molar-refractivity contribution in [3.05, 3.63) is 17.8 Å². The van der Waals surface area contributed by atoms with Crippen molar-refractivity contribution in [3.8, 4) is 0 Å². The van der Waals surface area contributed by atoms with Crippen LogP contribution >= 0.6 is 0 Å². The van der Waals surface area contributed by atoms with Gasteiger partial charge >= 0.3 is 0 Å². The van der Waals surface area contributed by atoms with Gasteiger partial charge in [-0.2, -0.15) is 0 Å². The molecule has 0 aliphatic rings. The van der Waals surface area contributed by atoms with Crippen LogP contribution in [-0.2, 0) is 0 Å². The minimum Gasteiger partial charge on any atom is -0.396 e. The Morgan fingerprint density at radius 2 is 2.00 bits per heavy atom. The molecule has 0 saturated carbocycles. The van der Waals surface area contributed by atoms with E-state index in [9.17, 15) is 8.78 Å². The molecule has 4 N–H and O–H groups in total. The fourth-order valence-corrected chi connectivity index (χ4v) is 0.629. The van der Waals surface area contributed by atoms with Crippen LogP contribution in [0.5, 0.6) is 0 Å². The predicted molar refractivity (Wildman–Crippen MR) is 38.0 cm³/mol. The lowest BCUT2D eigenvalue weighted by Crippen LogP contribution is -1.99. The van der Waals surface area contributed by atoms with E-state index in [0.29, 0.717) is 0 Å². The molecule has 1 aromatic heterocycles. The van der Waals surface area contributed by atoms with Crippen LogP contribution in [0.3, 0.4) is 0 Å². The zero-order chi connectivity index (χ0) is 8.43. The predicted octanol–water partition coefficient (Wildman–Crippen LogP) is 1.18. The third-order valence-corrected chi connectivity index (χ3v) is 1.22. The molecule has 0 radical (unpaired) electrons. The summed E-state index contributed by atoms with van der Waals surface area (Å²) in [6.07, 6.45) is -1.54. The first kappa shape index (κ1) is 7.71. The van der Waals surface area contributed by atoms with Gasteiger partial charge < -0.3 is 11.5 Å². The molecule has 1 heterocycles. The van der Waals surface area contributed by atoms with Crippen LogP contribution in [0.4, 0.5) is 20.3 Å². The smallest absolute Gasteiger partial charge is 0.265 e. The highest BCUT2D eigenvalue weighted by atomic mass is 19.3. The second kappa shape index (κ2) is 2.69. The van der Waals surface area contributed by atoms with Crippen LogP contribution in [0.25, 0.3) is 0 Å². The SMILES string of the molecule is Nc1cc(C(F)F)cnc1N. The Morgan fingerprint density at radius 3 is 2.45 bits per heavy atom. The van der Waals surface area contributed by atoms with Crippen molar-refractivity contribution < 1.29 is 8.78 Å². The highest BCUT2D eigenvalue weighted by molar-refractivity contribution is 5.58. The fourth-order valence-electron chi connectivity index (χ4n) is 0.629. The van der Waals surface area contributed by atoms with Gasteiger partial charge in [0.2, 0.25) is 0 Å². The number of aromatic nitrogens is 1. The summed E-state index contributed by atoms with van der Waals surface area (Å²) < 4.78 is 23.9. The monoisotopic (exact) mass is 159 g/mol. The molecule has 0 atom stereocenters. The zero-order valence-corrected chi connectivity index (χ0v) is 5.59. The Hall–Kier alpha value is -1.39. The Balaban J connectivity index is 3.05. The molecular weight excluding hydrogens is 152 g/mol. The molecule has 0 aliphatic heterocycles. The molecular formula is C6H7F2N3. The number of hydrogen-bond donors (Lipinski definition) is 2. The average molecular weight is 159 g/mol. The van der Waals surface area contributed by atoms with E-state index in [-0.39, 0.29) is 17.1 Å². The number of halogens is 2. The summed E-state index contributed by atoms with van der Waals surface area (Å²) in [5.41, 5.74) is 10.3. The summed E-state index contributed by atoms with van der Waals surface area (Å²) in [5.74, 6) is 0.0781. The molecule has 0 amide bonds. The van der Waals surface area contributed by atoms with Gasteiger partial charge in [-0.1, -0.05) is 0 Å². The van der Waals surface area contributed by atoms with Gasteiger partial charge in [0.1, 0.15) is 5.82 Å². The number of nitrogen functional groups attached to an aromatic ring is 2. The quantitative estimate of drug-likeness (QED) is 0.646. The number of nitrogens with zero attached hydrogens (tertiary/aromatic N) is 1. The van der Waals surface area contributed by atoms with E-state index in [0.717, 1.165) is 12.3 Å². The minimum absolute atomic E-state index is 0.0781. The minimum atomic E-state index is -2.55. The standard InChI is InChI=1S/C6H7F2N3/c7-5(8)3-1-4(9)6(10)11-2-3/h1-2,5H,9H2,(H2,10,11). The van der Waals surface area contributed by atoms with Gasteiger partial charge in [0.25, 0.3) is 6.43 Å². The topological polar surface area (TPSA) is 64.9 Å². The van der Waals surface area contributed by atoms with Gasteiger partial charge in [0.05, 0.1) is 5.69 Å². The third kappa shape index (κ3) is 1.54. The number of anilines is 2. The summed E-state index contributed by atoms with van der Waals surface area (Å²) in [6.45, 7) is 0. The van der Waals surface area contributed by atoms with Crippen LogP contribution in [0.2, 0.25) is 0 Å². The summed E-state index contributed by atoms with van der Waals surface area (Å²) in [7, 11) is 0. The highest BCUT2D eigenvalue weighted by Crippen LogP contribution is 2.21. The van der Waals surface area contributed by atoms with Gasteiger partial charge in [-0.3, -0.25) is 0 Å². The van der Waals surface area contributed by atoms with Gasteiger partial charge in [-0.05, 0) is 6.07 Å². The molecule has 0 fully saturated rings. The molecule has 1 aromatic rings. The Kier molecular flexibility index (Phi) is 1.89. The van der Waals surface area contributed by atoms with Crippen molar-refractivity contribution in [1.82, 2.24) is 4.98 Å². The second-order valence-electron chi connectivity index (χ2n) is 2.04. The third-order valence-electron chi connectivity index (χ3n) is 1.22. The van der Waals surface area contributed by atoms with Crippen LogP contribution in [0.15, 0.2) is 12.3 Å². The molecule has 0 unspecified atom stereocenters. The van der Waals surface area contributed by atoms with Crippen LogP contribution < -0.4 is 11.5 Å². The Labute approximate surface area is 62.0 Å². The molecule has 0 bridgehead atoms.